The highest BCUT2D eigenvalue weighted by Crippen LogP contribution is 2.24. The fourth-order valence-electron chi connectivity index (χ4n) is 1.80. The predicted octanol–water partition coefficient (Wildman–Crippen LogP) is -2.55. The van der Waals surface area contributed by atoms with E-state index in [9.17, 15) is 9.90 Å². The summed E-state index contributed by atoms with van der Waals surface area (Å²) in [4.78, 5) is 12.9. The summed E-state index contributed by atoms with van der Waals surface area (Å²) in [5.74, 6) is 0. The summed E-state index contributed by atoms with van der Waals surface area (Å²) in [6.07, 6.45) is 0.968. The summed E-state index contributed by atoms with van der Waals surface area (Å²) in [7, 11) is 0. The molecule has 0 bridgehead atoms. The molecule has 4 atom stereocenters. The summed E-state index contributed by atoms with van der Waals surface area (Å²) in [6, 6.07) is -0.370. The first-order valence-corrected chi connectivity index (χ1v) is 5.09. The van der Waals surface area contributed by atoms with Crippen LogP contribution in [0.1, 0.15) is 6.42 Å². The Morgan fingerprint density at radius 2 is 2.35 bits per heavy atom. The van der Waals surface area contributed by atoms with Gasteiger partial charge in [-0.3, -0.25) is 4.90 Å². The highest BCUT2D eigenvalue weighted by molar-refractivity contribution is 5.77. The van der Waals surface area contributed by atoms with Crippen LogP contribution in [0.2, 0.25) is 0 Å². The molecule has 17 heavy (non-hydrogen) atoms. The topological polar surface area (TPSA) is 140 Å². The SMILES string of the molecule is NC1C=CN([C@H]2C[C@H](O)[C@@H](CO)O2)C(=O)N1.O. The monoisotopic (exact) mass is 247 g/mol. The minimum Gasteiger partial charge on any atom is -0.412 e. The number of hydrogen-bond donors (Lipinski definition) is 4. The molecule has 8 heteroatoms. The van der Waals surface area contributed by atoms with Crippen LogP contribution in [0.5, 0.6) is 0 Å². The van der Waals surface area contributed by atoms with Gasteiger partial charge in [-0.15, -0.1) is 0 Å². The van der Waals surface area contributed by atoms with E-state index in [4.69, 9.17) is 15.6 Å². The Balaban J connectivity index is 0.00000144. The number of aliphatic hydroxyl groups is 2. The number of nitrogens with zero attached hydrogens (tertiary/aromatic N) is 1. The normalized spacial score (nSPS) is 36.6. The van der Waals surface area contributed by atoms with Crippen LogP contribution in [0.4, 0.5) is 4.79 Å². The van der Waals surface area contributed by atoms with Crippen molar-refractivity contribution < 1.29 is 25.2 Å². The first kappa shape index (κ1) is 13.9. The van der Waals surface area contributed by atoms with Crippen LogP contribution < -0.4 is 11.1 Å². The lowest BCUT2D eigenvalue weighted by atomic mass is 10.2. The van der Waals surface area contributed by atoms with Crippen molar-refractivity contribution >= 4 is 6.03 Å². The fraction of sp³-hybridized carbons (Fsp3) is 0.667. The zero-order valence-corrected chi connectivity index (χ0v) is 9.11. The van der Waals surface area contributed by atoms with E-state index in [1.54, 1.807) is 6.08 Å². The van der Waals surface area contributed by atoms with Crippen LogP contribution >= 0.6 is 0 Å². The van der Waals surface area contributed by atoms with Crippen molar-refractivity contribution in [1.82, 2.24) is 10.2 Å². The van der Waals surface area contributed by atoms with Crippen molar-refractivity contribution in [1.29, 1.82) is 0 Å². The number of rotatable bonds is 2. The number of nitrogens with one attached hydrogen (secondary N) is 1. The van der Waals surface area contributed by atoms with E-state index in [1.807, 2.05) is 0 Å². The first-order chi connectivity index (χ1) is 7.61. The van der Waals surface area contributed by atoms with Crippen LogP contribution in [0.3, 0.4) is 0 Å². The molecule has 2 amide bonds. The first-order valence-electron chi connectivity index (χ1n) is 5.09. The lowest BCUT2D eigenvalue weighted by Crippen LogP contribution is -2.52. The Morgan fingerprint density at radius 3 is 2.88 bits per heavy atom. The third-order valence-corrected chi connectivity index (χ3v) is 2.67. The van der Waals surface area contributed by atoms with Crippen molar-refractivity contribution in [2.75, 3.05) is 6.61 Å². The van der Waals surface area contributed by atoms with E-state index in [1.165, 1.54) is 11.1 Å². The molecule has 2 aliphatic rings. The van der Waals surface area contributed by atoms with Crippen molar-refractivity contribution in [3.63, 3.8) is 0 Å². The minimum absolute atomic E-state index is 0. The third kappa shape index (κ3) is 2.73. The summed E-state index contributed by atoms with van der Waals surface area (Å²) in [5.41, 5.74) is 5.49. The zero-order chi connectivity index (χ0) is 11.7. The lowest BCUT2D eigenvalue weighted by Gasteiger charge is -2.29. The average Bonchev–Trinajstić information content (AvgIpc) is 2.59. The second kappa shape index (κ2) is 5.43. The molecule has 1 unspecified atom stereocenters. The van der Waals surface area contributed by atoms with E-state index in [-0.39, 0.29) is 24.5 Å². The Morgan fingerprint density at radius 1 is 1.65 bits per heavy atom. The largest absolute Gasteiger partial charge is 0.412 e. The van der Waals surface area contributed by atoms with Gasteiger partial charge in [0.2, 0.25) is 0 Å². The second-order valence-electron chi connectivity index (χ2n) is 3.84. The highest BCUT2D eigenvalue weighted by Gasteiger charge is 2.38. The average molecular weight is 247 g/mol. The molecule has 8 nitrogen and oxygen atoms in total. The number of aliphatic hydroxyl groups excluding tert-OH is 2. The van der Waals surface area contributed by atoms with Crippen molar-refractivity contribution in [2.45, 2.75) is 31.0 Å². The molecule has 2 aliphatic heterocycles. The van der Waals surface area contributed by atoms with Crippen LogP contribution in [-0.4, -0.2) is 57.8 Å². The molecule has 2 rings (SSSR count). The number of hydrogen-bond acceptors (Lipinski definition) is 5. The molecule has 7 N–H and O–H groups in total. The lowest BCUT2D eigenvalue weighted by molar-refractivity contribution is -0.0542. The maximum Gasteiger partial charge on any atom is 0.325 e. The molecule has 0 aromatic rings. The number of nitrogens with two attached hydrogens (primary N) is 1. The molecule has 0 radical (unpaired) electrons. The number of ether oxygens (including phenoxy) is 1. The summed E-state index contributed by atoms with van der Waals surface area (Å²) in [6.45, 7) is -0.268. The van der Waals surface area contributed by atoms with Crippen LogP contribution in [0, 0.1) is 0 Å². The van der Waals surface area contributed by atoms with Gasteiger partial charge in [-0.05, 0) is 6.08 Å². The standard InChI is InChI=1S/C9H15N3O4.H2O/c10-7-1-2-12(9(15)11-7)8-3-5(14)6(4-13)16-8;/h1-2,5-8,13-14H,3-4,10H2,(H,11,15);1H2/t5-,6+,7?,8+;/m0./s1. The van der Waals surface area contributed by atoms with E-state index in [0.29, 0.717) is 0 Å². The van der Waals surface area contributed by atoms with Gasteiger partial charge >= 0.3 is 6.03 Å². The zero-order valence-electron chi connectivity index (χ0n) is 9.11. The van der Waals surface area contributed by atoms with Gasteiger partial charge in [0.15, 0.2) is 0 Å². The quantitative estimate of drug-likeness (QED) is 0.425. The molecule has 0 saturated carbocycles. The predicted molar refractivity (Wildman–Crippen MR) is 57.5 cm³/mol. The van der Waals surface area contributed by atoms with Crippen molar-refractivity contribution in [3.8, 4) is 0 Å². The van der Waals surface area contributed by atoms with Gasteiger partial charge in [0.05, 0.1) is 18.9 Å². The summed E-state index contributed by atoms with van der Waals surface area (Å²) < 4.78 is 5.34. The molecular weight excluding hydrogens is 230 g/mol. The van der Waals surface area contributed by atoms with E-state index in [0.717, 1.165) is 0 Å². The van der Waals surface area contributed by atoms with Gasteiger partial charge in [0, 0.05) is 12.6 Å². The van der Waals surface area contributed by atoms with Crippen LogP contribution in [0.25, 0.3) is 0 Å². The highest BCUT2D eigenvalue weighted by atomic mass is 16.5. The molecule has 0 aliphatic carbocycles. The Bertz CT molecular complexity index is 311. The van der Waals surface area contributed by atoms with Crippen LogP contribution in [-0.2, 0) is 4.74 Å². The van der Waals surface area contributed by atoms with E-state index < -0.39 is 24.6 Å². The van der Waals surface area contributed by atoms with E-state index in [2.05, 4.69) is 5.32 Å². The van der Waals surface area contributed by atoms with Gasteiger partial charge < -0.3 is 31.5 Å². The summed E-state index contributed by atoms with van der Waals surface area (Å²) >= 11 is 0. The number of carbonyl (C=O) groups is 1. The summed E-state index contributed by atoms with van der Waals surface area (Å²) in [5, 5.41) is 21.0. The van der Waals surface area contributed by atoms with Crippen molar-refractivity contribution in [3.05, 3.63) is 12.3 Å². The Labute approximate surface area is 98.0 Å². The van der Waals surface area contributed by atoms with Crippen LogP contribution in [0.15, 0.2) is 12.3 Å². The third-order valence-electron chi connectivity index (χ3n) is 2.67. The maximum atomic E-state index is 11.6. The van der Waals surface area contributed by atoms with Gasteiger partial charge in [0.1, 0.15) is 12.3 Å². The number of urea groups is 1. The fourth-order valence-corrected chi connectivity index (χ4v) is 1.80. The number of amides is 2. The molecule has 98 valence electrons. The van der Waals surface area contributed by atoms with Gasteiger partial charge in [-0.2, -0.15) is 0 Å². The maximum absolute atomic E-state index is 11.6. The van der Waals surface area contributed by atoms with Gasteiger partial charge in [0.25, 0.3) is 0 Å². The molecule has 1 saturated heterocycles. The molecule has 1 fully saturated rings. The minimum atomic E-state index is -0.758. The number of carbonyl (C=O) groups excluding carboxylic acids is 1. The molecule has 2 heterocycles. The molecule has 0 spiro atoms. The van der Waals surface area contributed by atoms with Gasteiger partial charge in [-0.1, -0.05) is 0 Å². The molecule has 0 aromatic carbocycles. The van der Waals surface area contributed by atoms with Gasteiger partial charge in [-0.25, -0.2) is 4.79 Å². The molecular formula is C9H17N3O5. The molecule has 0 aromatic heterocycles. The smallest absolute Gasteiger partial charge is 0.325 e. The van der Waals surface area contributed by atoms with Crippen molar-refractivity contribution in [2.24, 2.45) is 5.73 Å². The second-order valence-corrected chi connectivity index (χ2v) is 3.84. The van der Waals surface area contributed by atoms with E-state index >= 15 is 0 Å². The Hall–Kier alpha value is -1.19. The Kier molecular flexibility index (Phi) is 4.43.